The van der Waals surface area contributed by atoms with Crippen molar-refractivity contribution in [1.82, 2.24) is 0 Å². The van der Waals surface area contributed by atoms with E-state index in [2.05, 4.69) is 49.4 Å². The molecule has 0 heteroatoms. The Labute approximate surface area is 106 Å². The van der Waals surface area contributed by atoms with Gasteiger partial charge >= 0.3 is 0 Å². The summed E-state index contributed by atoms with van der Waals surface area (Å²) in [5.41, 5.74) is 2.09. The normalized spacial score (nSPS) is 30.2. The zero-order valence-corrected chi connectivity index (χ0v) is 11.3. The lowest BCUT2D eigenvalue weighted by molar-refractivity contribution is 0.451. The van der Waals surface area contributed by atoms with Gasteiger partial charge < -0.3 is 0 Å². The monoisotopic (exact) mass is 228 g/mol. The Morgan fingerprint density at radius 1 is 1.24 bits per heavy atom. The molecule has 3 atom stereocenters. The van der Waals surface area contributed by atoms with Gasteiger partial charge in [0.05, 0.1) is 0 Å². The number of hydrogen-bond donors (Lipinski definition) is 0. The van der Waals surface area contributed by atoms with E-state index in [0.717, 1.165) is 11.8 Å². The molecule has 1 aromatic carbocycles. The fraction of sp³-hybridized carbons (Fsp3) is 0.529. The second kappa shape index (κ2) is 5.08. The highest BCUT2D eigenvalue weighted by Gasteiger charge is 2.57. The minimum absolute atomic E-state index is 0.552. The van der Waals surface area contributed by atoms with Gasteiger partial charge in [0.15, 0.2) is 0 Å². The molecule has 3 unspecified atom stereocenters. The first-order valence-corrected chi connectivity index (χ1v) is 7.09. The Morgan fingerprint density at radius 2 is 1.94 bits per heavy atom. The maximum absolute atomic E-state index is 2.50. The molecule has 0 saturated heterocycles. The van der Waals surface area contributed by atoms with E-state index in [-0.39, 0.29) is 0 Å². The van der Waals surface area contributed by atoms with Crippen LogP contribution in [0, 0.1) is 11.3 Å². The van der Waals surface area contributed by atoms with Crippen LogP contribution in [-0.4, -0.2) is 0 Å². The van der Waals surface area contributed by atoms with Gasteiger partial charge in [-0.1, -0.05) is 63.3 Å². The summed E-state index contributed by atoms with van der Waals surface area (Å²) in [6, 6.07) is 11.0. The molecule has 0 spiro atoms. The first-order chi connectivity index (χ1) is 8.37. The molecule has 0 nitrogen and oxygen atoms in total. The van der Waals surface area contributed by atoms with E-state index in [1.807, 2.05) is 13.8 Å². The number of allylic oxidation sites excluding steroid dienone is 2. The van der Waals surface area contributed by atoms with Crippen LogP contribution in [0.25, 0.3) is 0 Å². The highest BCUT2D eigenvalue weighted by atomic mass is 14.6. The van der Waals surface area contributed by atoms with E-state index in [4.69, 9.17) is 0 Å². The first kappa shape index (κ1) is 12.4. The van der Waals surface area contributed by atoms with Gasteiger partial charge in [0, 0.05) is 0 Å². The molecular weight excluding hydrogens is 204 g/mol. The van der Waals surface area contributed by atoms with Crippen LogP contribution < -0.4 is 0 Å². The Balaban J connectivity index is 0.000000514. The van der Waals surface area contributed by atoms with Crippen LogP contribution in [0.5, 0.6) is 0 Å². The molecule has 0 bridgehead atoms. The fourth-order valence-electron chi connectivity index (χ4n) is 3.48. The third kappa shape index (κ3) is 2.06. The summed E-state index contributed by atoms with van der Waals surface area (Å²) in [7, 11) is 0. The smallest absolute Gasteiger partial charge is 0.00152 e. The van der Waals surface area contributed by atoms with Crippen molar-refractivity contribution in [1.29, 1.82) is 0 Å². The summed E-state index contributed by atoms with van der Waals surface area (Å²) in [4.78, 5) is 0. The van der Waals surface area contributed by atoms with Gasteiger partial charge in [0.25, 0.3) is 0 Å². The average molecular weight is 228 g/mol. The lowest BCUT2D eigenvalue weighted by Crippen LogP contribution is -2.11. The second-order valence-electron chi connectivity index (χ2n) is 5.02. The zero-order valence-electron chi connectivity index (χ0n) is 11.3. The summed E-state index contributed by atoms with van der Waals surface area (Å²) in [5.74, 6) is 1.71. The molecule has 2 aliphatic carbocycles. The molecule has 1 fully saturated rings. The highest BCUT2D eigenvalue weighted by Crippen LogP contribution is 2.67. The fourth-order valence-corrected chi connectivity index (χ4v) is 3.48. The van der Waals surface area contributed by atoms with E-state index >= 15 is 0 Å². The molecule has 0 N–H and O–H groups in total. The van der Waals surface area contributed by atoms with Crippen LogP contribution >= 0.6 is 0 Å². The minimum atomic E-state index is 0.552. The predicted molar refractivity (Wildman–Crippen MR) is 75.1 cm³/mol. The number of hydrogen-bond acceptors (Lipinski definition) is 0. The van der Waals surface area contributed by atoms with Gasteiger partial charge in [0.2, 0.25) is 0 Å². The molecule has 0 aromatic heterocycles. The zero-order chi connectivity index (χ0) is 12.3. The third-order valence-electron chi connectivity index (χ3n) is 4.31. The van der Waals surface area contributed by atoms with Crippen molar-refractivity contribution in [2.75, 3.05) is 0 Å². The van der Waals surface area contributed by atoms with Crippen molar-refractivity contribution in [3.8, 4) is 0 Å². The van der Waals surface area contributed by atoms with Gasteiger partial charge in [-0.2, -0.15) is 0 Å². The van der Waals surface area contributed by atoms with Crippen LogP contribution in [0.3, 0.4) is 0 Å². The summed E-state index contributed by atoms with van der Waals surface area (Å²) >= 11 is 0. The highest BCUT2D eigenvalue weighted by molar-refractivity contribution is 5.33. The van der Waals surface area contributed by atoms with Crippen LogP contribution in [-0.2, 0) is 0 Å². The van der Waals surface area contributed by atoms with E-state index in [1.54, 1.807) is 0 Å². The van der Waals surface area contributed by atoms with Crippen molar-refractivity contribution in [2.24, 2.45) is 11.3 Å². The Hall–Kier alpha value is -1.04. The van der Waals surface area contributed by atoms with Crippen LogP contribution in [0.4, 0.5) is 0 Å². The van der Waals surface area contributed by atoms with Crippen LogP contribution in [0.15, 0.2) is 42.5 Å². The Kier molecular flexibility index (Phi) is 3.71. The van der Waals surface area contributed by atoms with Gasteiger partial charge in [-0.25, -0.2) is 0 Å². The molecule has 2 aliphatic rings. The summed E-state index contributed by atoms with van der Waals surface area (Å²) in [6.07, 6.45) is 8.91. The second-order valence-corrected chi connectivity index (χ2v) is 5.02. The number of benzene rings is 1. The van der Waals surface area contributed by atoms with Crippen LogP contribution in [0.2, 0.25) is 0 Å². The van der Waals surface area contributed by atoms with Crippen molar-refractivity contribution in [3.05, 3.63) is 48.0 Å². The van der Waals surface area contributed by atoms with Gasteiger partial charge in [-0.05, 0) is 42.1 Å². The average Bonchev–Trinajstić information content (AvgIpc) is 2.96. The molecule has 0 heterocycles. The molecule has 1 aromatic rings. The lowest BCUT2D eigenvalue weighted by atomic mass is 9.81. The van der Waals surface area contributed by atoms with E-state index < -0.39 is 0 Å². The maximum atomic E-state index is 2.50. The van der Waals surface area contributed by atoms with E-state index in [9.17, 15) is 0 Å². The van der Waals surface area contributed by atoms with Crippen molar-refractivity contribution in [3.63, 3.8) is 0 Å². The van der Waals surface area contributed by atoms with Crippen molar-refractivity contribution < 1.29 is 0 Å². The number of fused-ring (bicyclic) bond motifs is 1. The molecule has 3 rings (SSSR count). The molecule has 0 amide bonds. The van der Waals surface area contributed by atoms with Crippen molar-refractivity contribution >= 4 is 0 Å². The largest absolute Gasteiger partial charge is 0.0876 e. The summed E-state index contributed by atoms with van der Waals surface area (Å²) in [6.45, 7) is 6.33. The SMILES string of the molecule is CC.CCC(c1ccccc1)C12C=CCC1C2. The Bertz CT molecular complexity index is 376. The quantitative estimate of drug-likeness (QED) is 0.626. The van der Waals surface area contributed by atoms with Crippen LogP contribution in [0.1, 0.15) is 51.5 Å². The molecule has 1 saturated carbocycles. The van der Waals surface area contributed by atoms with Gasteiger partial charge in [-0.15, -0.1) is 0 Å². The van der Waals surface area contributed by atoms with E-state index in [1.165, 1.54) is 24.8 Å². The molecule has 0 aliphatic heterocycles. The molecule has 0 radical (unpaired) electrons. The topological polar surface area (TPSA) is 0 Å². The first-order valence-electron chi connectivity index (χ1n) is 7.09. The molecule has 92 valence electrons. The summed E-state index contributed by atoms with van der Waals surface area (Å²) < 4.78 is 0. The maximum Gasteiger partial charge on any atom is -0.00152 e. The number of rotatable bonds is 3. The molecule has 17 heavy (non-hydrogen) atoms. The molecular formula is C17H24. The van der Waals surface area contributed by atoms with Gasteiger partial charge in [0.1, 0.15) is 0 Å². The van der Waals surface area contributed by atoms with Crippen molar-refractivity contribution in [2.45, 2.75) is 46.0 Å². The third-order valence-corrected chi connectivity index (χ3v) is 4.31. The predicted octanol–water partition coefficient (Wildman–Crippen LogP) is 5.17. The minimum Gasteiger partial charge on any atom is -0.0876 e. The van der Waals surface area contributed by atoms with E-state index in [0.29, 0.717) is 5.41 Å². The summed E-state index contributed by atoms with van der Waals surface area (Å²) in [5, 5.41) is 0. The Morgan fingerprint density at radius 3 is 2.41 bits per heavy atom. The lowest BCUT2D eigenvalue weighted by Gasteiger charge is -2.23. The standard InChI is InChI=1S/C15H18.C2H6/c1-2-14(12-7-4-3-5-8-12)15-10-6-9-13(15)11-15;1-2/h3-8,10,13-14H,2,9,11H2,1H3;1-2H3. The van der Waals surface area contributed by atoms with Gasteiger partial charge in [-0.3, -0.25) is 0 Å².